The molecule has 5 nitrogen and oxygen atoms in total. The van der Waals surface area contributed by atoms with Gasteiger partial charge in [-0.3, -0.25) is 4.79 Å². The predicted octanol–water partition coefficient (Wildman–Crippen LogP) is 2.98. The molecule has 1 heterocycles. The highest BCUT2D eigenvalue weighted by molar-refractivity contribution is 7.91. The van der Waals surface area contributed by atoms with Crippen LogP contribution in [-0.4, -0.2) is 25.3 Å². The first-order chi connectivity index (χ1) is 11.8. The molecule has 3 rings (SSSR count). The van der Waals surface area contributed by atoms with Crippen LogP contribution in [0.25, 0.3) is 11.1 Å². The van der Waals surface area contributed by atoms with E-state index in [2.05, 4.69) is 5.32 Å². The highest BCUT2D eigenvalue weighted by atomic mass is 32.2. The molecular weight excluding hydrogens is 336 g/mol. The molecular formula is C19H24N2O3S. The average Bonchev–Trinajstić information content (AvgIpc) is 3.42. The summed E-state index contributed by atoms with van der Waals surface area (Å²) in [5, 5.41) is 3.43. The lowest BCUT2D eigenvalue weighted by Gasteiger charge is -2.16. The second-order valence-electron chi connectivity index (χ2n) is 6.71. The van der Waals surface area contributed by atoms with Crippen LogP contribution < -0.4 is 10.9 Å². The van der Waals surface area contributed by atoms with Crippen LogP contribution in [0.2, 0.25) is 0 Å². The molecule has 1 aromatic heterocycles. The minimum Gasteiger partial charge on any atom is -0.384 e. The molecule has 0 radical (unpaired) electrons. The lowest BCUT2D eigenvalue weighted by molar-refractivity contribution is 0.597. The van der Waals surface area contributed by atoms with Crippen molar-refractivity contribution in [2.45, 2.75) is 31.6 Å². The molecule has 0 amide bonds. The summed E-state index contributed by atoms with van der Waals surface area (Å²) in [5.74, 6) is 0.744. The van der Waals surface area contributed by atoms with E-state index in [1.54, 1.807) is 39.2 Å². The van der Waals surface area contributed by atoms with E-state index in [0.29, 0.717) is 16.4 Å². The number of nitrogens with zero attached hydrogens (tertiary/aromatic N) is 1. The van der Waals surface area contributed by atoms with E-state index in [1.807, 2.05) is 12.1 Å². The standard InChI is InChI=1S/C19H24N2O3S/c1-4-25(23,24)15-7-8-18(20-12-14-5-6-14)17(11-15)16-9-10-21(3)19(22)13(16)2/h7-11,14,20H,4-6,12H2,1-3H3. The monoisotopic (exact) mass is 360 g/mol. The highest BCUT2D eigenvalue weighted by Crippen LogP contribution is 2.34. The number of hydrogen-bond donors (Lipinski definition) is 1. The molecule has 0 unspecified atom stereocenters. The second kappa shape index (κ2) is 6.67. The van der Waals surface area contributed by atoms with Crippen molar-refractivity contribution < 1.29 is 8.42 Å². The largest absolute Gasteiger partial charge is 0.384 e. The van der Waals surface area contributed by atoms with Crippen molar-refractivity contribution in [2.24, 2.45) is 13.0 Å². The first kappa shape index (κ1) is 17.7. The summed E-state index contributed by atoms with van der Waals surface area (Å²) in [6, 6.07) is 7.03. The summed E-state index contributed by atoms with van der Waals surface area (Å²) >= 11 is 0. The zero-order valence-corrected chi connectivity index (χ0v) is 15.7. The number of sulfone groups is 1. The van der Waals surface area contributed by atoms with Gasteiger partial charge in [-0.05, 0) is 55.5 Å². The molecule has 1 aliphatic rings. The molecule has 0 spiro atoms. The predicted molar refractivity (Wildman–Crippen MR) is 101 cm³/mol. The molecule has 1 fully saturated rings. The van der Waals surface area contributed by atoms with Crippen molar-refractivity contribution in [1.29, 1.82) is 0 Å². The van der Waals surface area contributed by atoms with Gasteiger partial charge in [-0.15, -0.1) is 0 Å². The molecule has 1 aromatic carbocycles. The zero-order chi connectivity index (χ0) is 18.2. The molecule has 2 aromatic rings. The molecule has 1 N–H and O–H groups in total. The maximum atomic E-state index is 12.3. The Hall–Kier alpha value is -2.08. The third kappa shape index (κ3) is 3.63. The van der Waals surface area contributed by atoms with Gasteiger partial charge in [0.15, 0.2) is 9.84 Å². The zero-order valence-electron chi connectivity index (χ0n) is 14.9. The molecule has 0 atom stereocenters. The van der Waals surface area contributed by atoms with E-state index in [0.717, 1.165) is 23.4 Å². The number of aromatic nitrogens is 1. The third-order valence-electron chi connectivity index (χ3n) is 4.81. The lowest BCUT2D eigenvalue weighted by Crippen LogP contribution is -2.19. The fraction of sp³-hybridized carbons (Fsp3) is 0.421. The van der Waals surface area contributed by atoms with Crippen LogP contribution in [0, 0.1) is 12.8 Å². The van der Waals surface area contributed by atoms with Crippen molar-refractivity contribution in [3.8, 4) is 11.1 Å². The molecule has 0 bridgehead atoms. The molecule has 6 heteroatoms. The third-order valence-corrected chi connectivity index (χ3v) is 6.54. The van der Waals surface area contributed by atoms with Crippen molar-refractivity contribution in [3.63, 3.8) is 0 Å². The number of rotatable bonds is 6. The highest BCUT2D eigenvalue weighted by Gasteiger charge is 2.22. The summed E-state index contributed by atoms with van der Waals surface area (Å²) in [4.78, 5) is 12.6. The Morgan fingerprint density at radius 3 is 2.56 bits per heavy atom. The molecule has 1 aliphatic carbocycles. The minimum absolute atomic E-state index is 0.0524. The van der Waals surface area contributed by atoms with E-state index in [4.69, 9.17) is 0 Å². The average molecular weight is 360 g/mol. The van der Waals surface area contributed by atoms with Gasteiger partial charge in [-0.1, -0.05) is 6.92 Å². The van der Waals surface area contributed by atoms with Crippen LogP contribution in [0.3, 0.4) is 0 Å². The lowest BCUT2D eigenvalue weighted by atomic mass is 10.0. The fourth-order valence-electron chi connectivity index (χ4n) is 2.89. The van der Waals surface area contributed by atoms with Gasteiger partial charge in [0.25, 0.3) is 5.56 Å². The van der Waals surface area contributed by atoms with E-state index in [1.165, 1.54) is 17.4 Å². The summed E-state index contributed by atoms with van der Waals surface area (Å²) in [6.45, 7) is 4.29. The summed E-state index contributed by atoms with van der Waals surface area (Å²) in [5.41, 5.74) is 2.96. The SMILES string of the molecule is CCS(=O)(=O)c1ccc(NCC2CC2)c(-c2ccn(C)c(=O)c2C)c1. The van der Waals surface area contributed by atoms with Crippen LogP contribution in [-0.2, 0) is 16.9 Å². The van der Waals surface area contributed by atoms with Gasteiger partial charge in [-0.2, -0.15) is 0 Å². The molecule has 25 heavy (non-hydrogen) atoms. The smallest absolute Gasteiger partial charge is 0.253 e. The fourth-order valence-corrected chi connectivity index (χ4v) is 3.79. The summed E-state index contributed by atoms with van der Waals surface area (Å²) in [6.07, 6.45) is 4.18. The Balaban J connectivity index is 2.14. The Morgan fingerprint density at radius 1 is 1.20 bits per heavy atom. The number of benzene rings is 1. The van der Waals surface area contributed by atoms with Gasteiger partial charge < -0.3 is 9.88 Å². The van der Waals surface area contributed by atoms with E-state index in [9.17, 15) is 13.2 Å². The van der Waals surface area contributed by atoms with Crippen LogP contribution in [0.15, 0.2) is 40.2 Å². The Bertz CT molecular complexity index is 957. The van der Waals surface area contributed by atoms with Crippen molar-refractivity contribution in [2.75, 3.05) is 17.6 Å². The normalized spacial score (nSPS) is 14.5. The minimum atomic E-state index is -3.31. The van der Waals surface area contributed by atoms with Crippen molar-refractivity contribution in [3.05, 3.63) is 46.4 Å². The Labute approximate surface area is 148 Å². The van der Waals surface area contributed by atoms with Gasteiger partial charge in [0.2, 0.25) is 0 Å². The van der Waals surface area contributed by atoms with E-state index < -0.39 is 9.84 Å². The summed E-state index contributed by atoms with van der Waals surface area (Å²) in [7, 11) is -1.59. The van der Waals surface area contributed by atoms with Gasteiger partial charge in [-0.25, -0.2) is 8.42 Å². The van der Waals surface area contributed by atoms with Gasteiger partial charge in [0.1, 0.15) is 0 Å². The van der Waals surface area contributed by atoms with Crippen molar-refractivity contribution in [1.82, 2.24) is 4.57 Å². The van der Waals surface area contributed by atoms with Crippen molar-refractivity contribution >= 4 is 15.5 Å². The van der Waals surface area contributed by atoms with E-state index in [-0.39, 0.29) is 11.3 Å². The first-order valence-electron chi connectivity index (χ1n) is 8.60. The Kier molecular flexibility index (Phi) is 4.73. The molecule has 1 saturated carbocycles. The number of hydrogen-bond acceptors (Lipinski definition) is 4. The Morgan fingerprint density at radius 2 is 1.92 bits per heavy atom. The van der Waals surface area contributed by atoms with Crippen LogP contribution in [0.1, 0.15) is 25.3 Å². The number of pyridine rings is 1. The van der Waals surface area contributed by atoms with Crippen LogP contribution in [0.4, 0.5) is 5.69 Å². The van der Waals surface area contributed by atoms with E-state index >= 15 is 0 Å². The maximum absolute atomic E-state index is 12.3. The first-order valence-corrected chi connectivity index (χ1v) is 10.3. The number of anilines is 1. The van der Waals surface area contributed by atoms with Gasteiger partial charge in [0, 0.05) is 36.6 Å². The van der Waals surface area contributed by atoms with Gasteiger partial charge in [0.05, 0.1) is 10.6 Å². The number of nitrogens with one attached hydrogen (secondary N) is 1. The topological polar surface area (TPSA) is 68.2 Å². The summed E-state index contributed by atoms with van der Waals surface area (Å²) < 4.78 is 26.1. The molecule has 134 valence electrons. The van der Waals surface area contributed by atoms with Crippen LogP contribution >= 0.6 is 0 Å². The van der Waals surface area contributed by atoms with Gasteiger partial charge >= 0.3 is 0 Å². The molecule has 0 saturated heterocycles. The van der Waals surface area contributed by atoms with Crippen LogP contribution in [0.5, 0.6) is 0 Å². The maximum Gasteiger partial charge on any atom is 0.253 e. The molecule has 0 aliphatic heterocycles. The quantitative estimate of drug-likeness (QED) is 0.860. The number of aryl methyl sites for hydroxylation is 1. The second-order valence-corrected chi connectivity index (χ2v) is 8.98.